The Bertz CT molecular complexity index is 138. The van der Waals surface area contributed by atoms with Crippen molar-refractivity contribution in [2.75, 3.05) is 13.6 Å². The van der Waals surface area contributed by atoms with Gasteiger partial charge in [0, 0.05) is 25.7 Å². The third-order valence-electron chi connectivity index (χ3n) is 2.16. The van der Waals surface area contributed by atoms with E-state index in [0.29, 0.717) is 0 Å². The first-order chi connectivity index (χ1) is 4.36. The topological polar surface area (TPSA) is 15.6 Å². The van der Waals surface area contributed by atoms with Crippen LogP contribution in [0.5, 0.6) is 0 Å². The molecule has 1 aliphatic heterocycles. The Labute approximate surface area is 55.5 Å². The summed E-state index contributed by atoms with van der Waals surface area (Å²) in [5.41, 5.74) is 0. The Morgan fingerprint density at radius 2 is 2.33 bits per heavy atom. The maximum atomic E-state index is 4.19. The SMILES string of the molecule is CN1C[C@H](C2CC2)C=N1. The molecule has 0 N–H and O–H groups in total. The minimum Gasteiger partial charge on any atom is -0.300 e. The van der Waals surface area contributed by atoms with Crippen LogP contribution in [0, 0.1) is 11.8 Å². The van der Waals surface area contributed by atoms with Crippen molar-refractivity contribution in [3.63, 3.8) is 0 Å². The zero-order chi connectivity index (χ0) is 6.27. The Hall–Kier alpha value is -0.530. The first-order valence-electron chi connectivity index (χ1n) is 3.61. The number of hydrogen-bond donors (Lipinski definition) is 0. The average molecular weight is 124 g/mol. The third-order valence-corrected chi connectivity index (χ3v) is 2.16. The summed E-state index contributed by atoms with van der Waals surface area (Å²) in [5.74, 6) is 1.77. The van der Waals surface area contributed by atoms with E-state index in [0.717, 1.165) is 18.4 Å². The number of nitrogens with zero attached hydrogens (tertiary/aromatic N) is 2. The highest BCUT2D eigenvalue weighted by Gasteiger charge is 2.32. The second kappa shape index (κ2) is 1.72. The maximum absolute atomic E-state index is 4.19. The molecular formula is C7H12N2. The fourth-order valence-electron chi connectivity index (χ4n) is 1.39. The van der Waals surface area contributed by atoms with Crippen molar-refractivity contribution in [2.24, 2.45) is 16.9 Å². The van der Waals surface area contributed by atoms with Crippen molar-refractivity contribution in [3.05, 3.63) is 0 Å². The molecule has 1 atom stereocenters. The maximum Gasteiger partial charge on any atom is 0.0438 e. The summed E-state index contributed by atoms with van der Waals surface area (Å²) in [6.07, 6.45) is 4.98. The van der Waals surface area contributed by atoms with E-state index in [2.05, 4.69) is 11.3 Å². The van der Waals surface area contributed by atoms with Gasteiger partial charge in [0.2, 0.25) is 0 Å². The molecule has 0 amide bonds. The molecule has 0 saturated heterocycles. The summed E-state index contributed by atoms with van der Waals surface area (Å²) in [5, 5.41) is 6.22. The van der Waals surface area contributed by atoms with Gasteiger partial charge in [0.1, 0.15) is 0 Å². The zero-order valence-corrected chi connectivity index (χ0v) is 5.75. The molecule has 0 spiro atoms. The molecule has 2 heteroatoms. The van der Waals surface area contributed by atoms with Gasteiger partial charge in [-0.25, -0.2) is 0 Å². The van der Waals surface area contributed by atoms with E-state index in [4.69, 9.17) is 0 Å². The Balaban J connectivity index is 1.94. The molecule has 1 aliphatic carbocycles. The van der Waals surface area contributed by atoms with Crippen LogP contribution in [0.25, 0.3) is 0 Å². The summed E-state index contributed by atoms with van der Waals surface area (Å²) in [4.78, 5) is 0. The van der Waals surface area contributed by atoms with E-state index in [1.54, 1.807) is 0 Å². The smallest absolute Gasteiger partial charge is 0.0438 e. The number of hydrazone groups is 1. The molecule has 2 aliphatic rings. The highest BCUT2D eigenvalue weighted by atomic mass is 15.4. The van der Waals surface area contributed by atoms with Crippen molar-refractivity contribution >= 4 is 6.21 Å². The number of hydrogen-bond acceptors (Lipinski definition) is 2. The van der Waals surface area contributed by atoms with Gasteiger partial charge in [-0.3, -0.25) is 5.01 Å². The first kappa shape index (κ1) is 5.27. The standard InChI is InChI=1S/C7H12N2/c1-9-5-7(4-8-9)6-2-3-6/h4,6-7H,2-3,5H2,1H3/t7-/m1/s1. The van der Waals surface area contributed by atoms with Gasteiger partial charge in [0.05, 0.1) is 0 Å². The number of rotatable bonds is 1. The van der Waals surface area contributed by atoms with Crippen LogP contribution in [0.2, 0.25) is 0 Å². The van der Waals surface area contributed by atoms with E-state index in [9.17, 15) is 0 Å². The van der Waals surface area contributed by atoms with Gasteiger partial charge in [-0.05, 0) is 18.8 Å². The van der Waals surface area contributed by atoms with Gasteiger partial charge in [-0.1, -0.05) is 0 Å². The van der Waals surface area contributed by atoms with Crippen LogP contribution in [0.3, 0.4) is 0 Å². The summed E-state index contributed by atoms with van der Waals surface area (Å²) in [6, 6.07) is 0. The lowest BCUT2D eigenvalue weighted by molar-refractivity contribution is 0.349. The van der Waals surface area contributed by atoms with Crippen LogP contribution in [0.15, 0.2) is 5.10 Å². The molecule has 1 fully saturated rings. The molecule has 0 aromatic rings. The molecule has 1 heterocycles. The van der Waals surface area contributed by atoms with E-state index in [1.807, 2.05) is 12.1 Å². The van der Waals surface area contributed by atoms with Crippen LogP contribution < -0.4 is 0 Å². The zero-order valence-electron chi connectivity index (χ0n) is 5.75. The molecule has 50 valence electrons. The summed E-state index contributed by atoms with van der Waals surface area (Å²) < 4.78 is 0. The van der Waals surface area contributed by atoms with Gasteiger partial charge < -0.3 is 0 Å². The van der Waals surface area contributed by atoms with Crippen molar-refractivity contribution in [2.45, 2.75) is 12.8 Å². The highest BCUT2D eigenvalue weighted by molar-refractivity contribution is 5.63. The van der Waals surface area contributed by atoms with E-state index in [-0.39, 0.29) is 0 Å². The molecule has 0 radical (unpaired) electrons. The highest BCUT2D eigenvalue weighted by Crippen LogP contribution is 2.37. The van der Waals surface area contributed by atoms with Gasteiger partial charge in [0.25, 0.3) is 0 Å². The van der Waals surface area contributed by atoms with Crippen LogP contribution in [0.4, 0.5) is 0 Å². The first-order valence-corrected chi connectivity index (χ1v) is 3.61. The van der Waals surface area contributed by atoms with Crippen LogP contribution in [-0.4, -0.2) is 24.8 Å². The molecular weight excluding hydrogens is 112 g/mol. The third kappa shape index (κ3) is 0.934. The summed E-state index contributed by atoms with van der Waals surface area (Å²) in [6.45, 7) is 1.16. The average Bonchev–Trinajstić information content (AvgIpc) is 2.58. The fraction of sp³-hybridized carbons (Fsp3) is 0.857. The Kier molecular flexibility index (Phi) is 1.01. The fourth-order valence-corrected chi connectivity index (χ4v) is 1.39. The van der Waals surface area contributed by atoms with Crippen molar-refractivity contribution in [1.82, 2.24) is 5.01 Å². The quantitative estimate of drug-likeness (QED) is 0.508. The minimum atomic E-state index is 0.787. The normalized spacial score (nSPS) is 33.9. The van der Waals surface area contributed by atoms with Crippen molar-refractivity contribution < 1.29 is 0 Å². The second-order valence-electron chi connectivity index (χ2n) is 3.11. The van der Waals surface area contributed by atoms with Gasteiger partial charge in [-0.15, -0.1) is 0 Å². The summed E-state index contributed by atoms with van der Waals surface area (Å²) in [7, 11) is 2.04. The van der Waals surface area contributed by atoms with Crippen LogP contribution in [0.1, 0.15) is 12.8 Å². The monoisotopic (exact) mass is 124 g/mol. The molecule has 0 aromatic carbocycles. The van der Waals surface area contributed by atoms with Gasteiger partial charge >= 0.3 is 0 Å². The molecule has 2 nitrogen and oxygen atoms in total. The van der Waals surface area contributed by atoms with Crippen LogP contribution >= 0.6 is 0 Å². The van der Waals surface area contributed by atoms with E-state index >= 15 is 0 Å². The lowest BCUT2D eigenvalue weighted by Gasteiger charge is -2.07. The molecule has 1 saturated carbocycles. The lowest BCUT2D eigenvalue weighted by atomic mass is 10.1. The van der Waals surface area contributed by atoms with Crippen LogP contribution in [-0.2, 0) is 0 Å². The van der Waals surface area contributed by atoms with Crippen molar-refractivity contribution in [1.29, 1.82) is 0 Å². The van der Waals surface area contributed by atoms with Gasteiger partial charge in [0.15, 0.2) is 0 Å². The predicted molar refractivity (Wildman–Crippen MR) is 37.3 cm³/mol. The largest absolute Gasteiger partial charge is 0.300 e. The predicted octanol–water partition coefficient (Wildman–Crippen LogP) is 0.944. The molecule has 9 heavy (non-hydrogen) atoms. The van der Waals surface area contributed by atoms with E-state index < -0.39 is 0 Å². The van der Waals surface area contributed by atoms with Crippen molar-refractivity contribution in [3.8, 4) is 0 Å². The summed E-state index contributed by atoms with van der Waals surface area (Å²) >= 11 is 0. The van der Waals surface area contributed by atoms with Gasteiger partial charge in [-0.2, -0.15) is 5.10 Å². The molecule has 0 aromatic heterocycles. The second-order valence-corrected chi connectivity index (χ2v) is 3.11. The Morgan fingerprint density at radius 1 is 1.56 bits per heavy atom. The molecule has 0 unspecified atom stereocenters. The Morgan fingerprint density at radius 3 is 2.78 bits per heavy atom. The lowest BCUT2D eigenvalue weighted by Crippen LogP contribution is -2.14. The molecule has 2 rings (SSSR count). The van der Waals surface area contributed by atoms with E-state index in [1.165, 1.54) is 12.8 Å². The minimum absolute atomic E-state index is 0.787. The molecule has 0 bridgehead atoms.